The molecule has 0 aromatic heterocycles. The van der Waals surface area contributed by atoms with Gasteiger partial charge in [-0.1, -0.05) is 15.9 Å². The average molecular weight is 371 g/mol. The summed E-state index contributed by atoms with van der Waals surface area (Å²) >= 11 is 8.68. The summed E-state index contributed by atoms with van der Waals surface area (Å²) in [4.78, 5) is 12.4. The predicted octanol–water partition coefficient (Wildman–Crippen LogP) is 2.26. The average Bonchev–Trinajstić information content (AvgIpc) is 2.38. The molecule has 0 spiro atoms. The van der Waals surface area contributed by atoms with E-state index in [9.17, 15) is 4.79 Å². The topological polar surface area (TPSA) is 59.6 Å². The number of benzene rings is 1. The molecule has 1 saturated heterocycles. The molecule has 1 aromatic carbocycles. The van der Waals surface area contributed by atoms with Crippen LogP contribution in [0.2, 0.25) is 0 Å². The third kappa shape index (κ3) is 2.38. The Bertz CT molecular complexity index is 624. The van der Waals surface area contributed by atoms with E-state index in [1.807, 2.05) is 25.1 Å². The van der Waals surface area contributed by atoms with Crippen molar-refractivity contribution in [1.82, 2.24) is 10.6 Å². The molecule has 2 heterocycles. The number of rotatable bonds is 2. The van der Waals surface area contributed by atoms with Gasteiger partial charge in [0.1, 0.15) is 11.7 Å². The van der Waals surface area contributed by atoms with Gasteiger partial charge in [-0.3, -0.25) is 4.79 Å². The molecule has 3 rings (SSSR count). The highest BCUT2D eigenvalue weighted by molar-refractivity contribution is 9.10. The zero-order valence-electron chi connectivity index (χ0n) is 11.6. The first-order valence-electron chi connectivity index (χ1n) is 6.68. The second-order valence-corrected chi connectivity index (χ2v) is 6.52. The lowest BCUT2D eigenvalue weighted by atomic mass is 9.80. The fourth-order valence-corrected chi connectivity index (χ4v) is 3.61. The van der Waals surface area contributed by atoms with Crippen molar-refractivity contribution in [2.45, 2.75) is 25.6 Å². The van der Waals surface area contributed by atoms with Gasteiger partial charge in [0.25, 0.3) is 0 Å². The second-order valence-electron chi connectivity index (χ2n) is 5.20. The molecule has 0 amide bonds. The molecule has 0 radical (unpaired) electrons. The molecule has 7 heteroatoms. The number of thiocarbonyl (C=S) groups is 1. The Kier molecular flexibility index (Phi) is 3.57. The molecule has 5 nitrogen and oxygen atoms in total. The maximum absolute atomic E-state index is 12.4. The largest absolute Gasteiger partial charge is 0.467 e. The number of halogens is 1. The lowest BCUT2D eigenvalue weighted by Gasteiger charge is -2.50. The number of nitrogens with one attached hydrogen (secondary N) is 2. The molecule has 1 fully saturated rings. The van der Waals surface area contributed by atoms with Gasteiger partial charge >= 0.3 is 5.97 Å². The number of hydrogen-bond acceptors (Lipinski definition) is 4. The maximum atomic E-state index is 12.4. The zero-order chi connectivity index (χ0) is 15.2. The summed E-state index contributed by atoms with van der Waals surface area (Å²) in [7, 11) is 0. The van der Waals surface area contributed by atoms with E-state index in [1.165, 1.54) is 0 Å². The molecule has 21 heavy (non-hydrogen) atoms. The van der Waals surface area contributed by atoms with Crippen LogP contribution >= 0.6 is 28.1 Å². The van der Waals surface area contributed by atoms with Gasteiger partial charge in [-0.25, -0.2) is 0 Å². The van der Waals surface area contributed by atoms with Gasteiger partial charge in [0.2, 0.25) is 0 Å². The Hall–Kier alpha value is -1.34. The first kappa shape index (κ1) is 14.6. The van der Waals surface area contributed by atoms with Gasteiger partial charge in [-0.05, 0) is 44.3 Å². The number of esters is 1. The smallest absolute Gasteiger partial charge is 0.317 e. The van der Waals surface area contributed by atoms with Crippen LogP contribution in [0.15, 0.2) is 22.7 Å². The third-order valence-electron chi connectivity index (χ3n) is 3.74. The van der Waals surface area contributed by atoms with E-state index in [2.05, 4.69) is 26.6 Å². The predicted molar refractivity (Wildman–Crippen MR) is 84.9 cm³/mol. The van der Waals surface area contributed by atoms with Crippen molar-refractivity contribution in [3.63, 3.8) is 0 Å². The van der Waals surface area contributed by atoms with Crippen LogP contribution < -0.4 is 15.4 Å². The van der Waals surface area contributed by atoms with Crippen LogP contribution in [0.3, 0.4) is 0 Å². The minimum Gasteiger partial charge on any atom is -0.467 e. The molecule has 2 aliphatic heterocycles. The number of fused-ring (bicyclic) bond motifs is 4. The lowest BCUT2D eigenvalue weighted by Crippen LogP contribution is -2.70. The van der Waals surface area contributed by atoms with Crippen molar-refractivity contribution in [3.8, 4) is 5.75 Å². The molecule has 0 aliphatic carbocycles. The van der Waals surface area contributed by atoms with Gasteiger partial charge in [0, 0.05) is 10.0 Å². The summed E-state index contributed by atoms with van der Waals surface area (Å²) in [5, 5.41) is 6.69. The minimum absolute atomic E-state index is 0.274. The molecule has 2 aliphatic rings. The third-order valence-corrected chi connectivity index (χ3v) is 4.46. The zero-order valence-corrected chi connectivity index (χ0v) is 14.0. The fraction of sp³-hybridized carbons (Fsp3) is 0.429. The molecule has 2 N–H and O–H groups in total. The van der Waals surface area contributed by atoms with E-state index in [-0.39, 0.29) is 12.0 Å². The Morgan fingerprint density at radius 1 is 1.57 bits per heavy atom. The SMILES string of the molecule is CCOC(=O)[C@H]1[C@@H]2NC(=S)N[C@]1(C)Oc1ccc(Br)cc12. The summed E-state index contributed by atoms with van der Waals surface area (Å²) in [5.74, 6) is -0.0992. The molecule has 112 valence electrons. The Balaban J connectivity index is 2.10. The van der Waals surface area contributed by atoms with Gasteiger partial charge in [-0.2, -0.15) is 0 Å². The minimum atomic E-state index is -0.917. The Morgan fingerprint density at radius 3 is 3.05 bits per heavy atom. The lowest BCUT2D eigenvalue weighted by molar-refractivity contribution is -0.162. The molecule has 0 unspecified atom stereocenters. The van der Waals surface area contributed by atoms with Crippen molar-refractivity contribution in [3.05, 3.63) is 28.2 Å². The Labute approximate surface area is 136 Å². The number of ether oxygens (including phenoxy) is 2. The normalized spacial score (nSPS) is 29.6. The number of carbonyl (C=O) groups excluding carboxylic acids is 1. The molecular formula is C14H15BrN2O3S. The highest BCUT2D eigenvalue weighted by atomic mass is 79.9. The number of hydrogen-bond donors (Lipinski definition) is 2. The van der Waals surface area contributed by atoms with E-state index in [0.717, 1.165) is 15.8 Å². The van der Waals surface area contributed by atoms with E-state index >= 15 is 0 Å². The highest BCUT2D eigenvalue weighted by Crippen LogP contribution is 2.45. The monoisotopic (exact) mass is 370 g/mol. The van der Waals surface area contributed by atoms with Gasteiger partial charge in [0.05, 0.1) is 12.6 Å². The second kappa shape index (κ2) is 5.14. The summed E-state index contributed by atoms with van der Waals surface area (Å²) in [6.07, 6.45) is 0. The summed E-state index contributed by atoms with van der Waals surface area (Å²) in [6, 6.07) is 5.45. The summed E-state index contributed by atoms with van der Waals surface area (Å²) in [6.45, 7) is 3.93. The van der Waals surface area contributed by atoms with E-state index < -0.39 is 11.6 Å². The Morgan fingerprint density at radius 2 is 2.33 bits per heavy atom. The van der Waals surface area contributed by atoms with E-state index in [1.54, 1.807) is 6.92 Å². The van der Waals surface area contributed by atoms with Crippen LogP contribution in [0, 0.1) is 5.92 Å². The van der Waals surface area contributed by atoms with Crippen molar-refractivity contribution in [1.29, 1.82) is 0 Å². The van der Waals surface area contributed by atoms with Crippen LogP contribution in [-0.4, -0.2) is 23.4 Å². The van der Waals surface area contributed by atoms with Gasteiger partial charge in [0.15, 0.2) is 10.8 Å². The quantitative estimate of drug-likeness (QED) is 0.615. The van der Waals surface area contributed by atoms with E-state index in [0.29, 0.717) is 11.7 Å². The van der Waals surface area contributed by atoms with Crippen molar-refractivity contribution in [2.24, 2.45) is 5.92 Å². The van der Waals surface area contributed by atoms with Crippen LogP contribution in [0.5, 0.6) is 5.75 Å². The van der Waals surface area contributed by atoms with Crippen LogP contribution in [0.1, 0.15) is 25.5 Å². The molecular weight excluding hydrogens is 356 g/mol. The van der Waals surface area contributed by atoms with Gasteiger partial charge in [-0.15, -0.1) is 0 Å². The fourth-order valence-electron chi connectivity index (χ4n) is 2.90. The van der Waals surface area contributed by atoms with Gasteiger partial charge < -0.3 is 20.1 Å². The van der Waals surface area contributed by atoms with E-state index in [4.69, 9.17) is 21.7 Å². The molecule has 1 aromatic rings. The molecule has 0 saturated carbocycles. The highest BCUT2D eigenvalue weighted by Gasteiger charge is 2.55. The van der Waals surface area contributed by atoms with Crippen molar-refractivity contribution >= 4 is 39.2 Å². The summed E-state index contributed by atoms with van der Waals surface area (Å²) < 4.78 is 12.2. The number of carbonyl (C=O) groups is 1. The van der Waals surface area contributed by atoms with Crippen LogP contribution in [0.4, 0.5) is 0 Å². The maximum Gasteiger partial charge on any atom is 0.317 e. The molecule has 2 bridgehead atoms. The standard InChI is InChI=1S/C14H15BrN2O3S/c1-3-19-12(18)10-11-8-6-7(15)4-5-9(8)20-14(10,2)17-13(21)16-11/h4-6,10-11H,3H2,1-2H3,(H2,16,17,21)/t10-,11-,14-/m1/s1. The summed E-state index contributed by atoms with van der Waals surface area (Å²) in [5.41, 5.74) is -0.0242. The van der Waals surface area contributed by atoms with Crippen LogP contribution in [0.25, 0.3) is 0 Å². The first-order valence-corrected chi connectivity index (χ1v) is 7.88. The van der Waals surface area contributed by atoms with Crippen molar-refractivity contribution < 1.29 is 14.3 Å². The van der Waals surface area contributed by atoms with Crippen molar-refractivity contribution in [2.75, 3.05) is 6.61 Å². The molecule has 3 atom stereocenters. The van der Waals surface area contributed by atoms with Crippen LogP contribution in [-0.2, 0) is 9.53 Å². The first-order chi connectivity index (χ1) is 9.94.